The average Bonchev–Trinajstić information content (AvgIpc) is 2.78. The van der Waals surface area contributed by atoms with E-state index < -0.39 is 0 Å². The Morgan fingerprint density at radius 1 is 0.931 bits per heavy atom. The van der Waals surface area contributed by atoms with E-state index in [0.29, 0.717) is 30.3 Å². The normalized spacial score (nSPS) is 14.4. The van der Waals surface area contributed by atoms with Crippen LogP contribution < -0.4 is 19.5 Å². The minimum atomic E-state index is -0.113. The number of piperazine rings is 1. The van der Waals surface area contributed by atoms with Gasteiger partial charge in [-0.25, -0.2) is 4.79 Å². The summed E-state index contributed by atoms with van der Waals surface area (Å²) in [6.07, 6.45) is 0.930. The standard InChI is InChI=1S/C22H29N3O4/c1-27-18-8-9-19(21(16-18)29-3)23-22(26)25-14-12-24(13-15-25)11-10-17-6-4-5-7-20(17)28-2/h4-9,16H,10-15H2,1-3H3,(H,23,26). The lowest BCUT2D eigenvalue weighted by Crippen LogP contribution is -2.50. The third-order valence-electron chi connectivity index (χ3n) is 5.20. The molecule has 0 saturated carbocycles. The molecule has 3 rings (SSSR count). The van der Waals surface area contributed by atoms with Gasteiger partial charge in [0.25, 0.3) is 0 Å². The van der Waals surface area contributed by atoms with Crippen molar-refractivity contribution in [2.24, 2.45) is 0 Å². The zero-order valence-corrected chi connectivity index (χ0v) is 17.3. The fraction of sp³-hybridized carbons (Fsp3) is 0.409. The second-order valence-electron chi connectivity index (χ2n) is 6.89. The molecule has 2 amide bonds. The van der Waals surface area contributed by atoms with E-state index in [2.05, 4.69) is 16.3 Å². The number of carbonyl (C=O) groups excluding carboxylic acids is 1. The second kappa shape index (κ2) is 10.0. The van der Waals surface area contributed by atoms with Crippen LogP contribution in [0.25, 0.3) is 0 Å². The van der Waals surface area contributed by atoms with Crippen LogP contribution in [0.1, 0.15) is 5.56 Å². The minimum absolute atomic E-state index is 0.113. The van der Waals surface area contributed by atoms with Gasteiger partial charge in [-0.2, -0.15) is 0 Å². The summed E-state index contributed by atoms with van der Waals surface area (Å²) >= 11 is 0. The Kier molecular flexibility index (Phi) is 7.19. The van der Waals surface area contributed by atoms with Gasteiger partial charge in [-0.15, -0.1) is 0 Å². The Bertz CT molecular complexity index is 819. The van der Waals surface area contributed by atoms with E-state index in [-0.39, 0.29) is 6.03 Å². The van der Waals surface area contributed by atoms with Crippen molar-refractivity contribution in [1.82, 2.24) is 9.80 Å². The molecule has 0 aliphatic carbocycles. The summed E-state index contributed by atoms with van der Waals surface area (Å²) in [5, 5.41) is 2.94. The van der Waals surface area contributed by atoms with E-state index in [1.165, 1.54) is 5.56 Å². The SMILES string of the molecule is COc1ccc(NC(=O)N2CCN(CCc3ccccc3OC)CC2)c(OC)c1. The van der Waals surface area contributed by atoms with Crippen molar-refractivity contribution in [1.29, 1.82) is 0 Å². The minimum Gasteiger partial charge on any atom is -0.497 e. The molecule has 2 aromatic rings. The van der Waals surface area contributed by atoms with Gasteiger partial charge in [-0.1, -0.05) is 18.2 Å². The number of urea groups is 1. The molecule has 7 nitrogen and oxygen atoms in total. The van der Waals surface area contributed by atoms with Crippen molar-refractivity contribution in [2.45, 2.75) is 6.42 Å². The van der Waals surface area contributed by atoms with E-state index in [1.807, 2.05) is 23.1 Å². The number of amides is 2. The highest BCUT2D eigenvalue weighted by Gasteiger charge is 2.22. The topological polar surface area (TPSA) is 63.3 Å². The molecular weight excluding hydrogens is 370 g/mol. The Labute approximate surface area is 172 Å². The number of ether oxygens (including phenoxy) is 3. The summed E-state index contributed by atoms with van der Waals surface area (Å²) in [7, 11) is 4.87. The maximum atomic E-state index is 12.7. The van der Waals surface area contributed by atoms with Crippen LogP contribution in [0, 0.1) is 0 Å². The lowest BCUT2D eigenvalue weighted by Gasteiger charge is -2.34. The van der Waals surface area contributed by atoms with Gasteiger partial charge >= 0.3 is 6.03 Å². The first kappa shape index (κ1) is 20.8. The first-order valence-electron chi connectivity index (χ1n) is 9.76. The van der Waals surface area contributed by atoms with Crippen LogP contribution in [0.5, 0.6) is 17.2 Å². The Morgan fingerprint density at radius 2 is 1.66 bits per heavy atom. The number of rotatable bonds is 7. The van der Waals surface area contributed by atoms with Gasteiger partial charge in [0.2, 0.25) is 0 Å². The summed E-state index contributed by atoms with van der Waals surface area (Å²) in [5.41, 5.74) is 1.85. The molecule has 0 atom stereocenters. The zero-order valence-electron chi connectivity index (χ0n) is 17.3. The largest absolute Gasteiger partial charge is 0.497 e. The summed E-state index contributed by atoms with van der Waals surface area (Å²) in [6.45, 7) is 4.03. The number of nitrogens with one attached hydrogen (secondary N) is 1. The van der Waals surface area contributed by atoms with Crippen LogP contribution in [0.2, 0.25) is 0 Å². The van der Waals surface area contributed by atoms with Crippen molar-refractivity contribution < 1.29 is 19.0 Å². The molecule has 1 N–H and O–H groups in total. The predicted molar refractivity (Wildman–Crippen MR) is 113 cm³/mol. The fourth-order valence-corrected chi connectivity index (χ4v) is 3.46. The number of methoxy groups -OCH3 is 3. The van der Waals surface area contributed by atoms with Gasteiger partial charge in [0.1, 0.15) is 17.2 Å². The highest BCUT2D eigenvalue weighted by molar-refractivity contribution is 5.91. The molecule has 0 spiro atoms. The van der Waals surface area contributed by atoms with E-state index >= 15 is 0 Å². The molecule has 0 bridgehead atoms. The third kappa shape index (κ3) is 5.32. The Morgan fingerprint density at radius 3 is 2.34 bits per heavy atom. The fourth-order valence-electron chi connectivity index (χ4n) is 3.46. The zero-order chi connectivity index (χ0) is 20.6. The van der Waals surface area contributed by atoms with E-state index in [1.54, 1.807) is 39.5 Å². The van der Waals surface area contributed by atoms with Gasteiger partial charge < -0.3 is 24.4 Å². The number of hydrogen-bond donors (Lipinski definition) is 1. The number of para-hydroxylation sites is 1. The molecule has 1 aliphatic heterocycles. The molecule has 0 unspecified atom stereocenters. The number of benzene rings is 2. The van der Waals surface area contributed by atoms with Crippen molar-refractivity contribution >= 4 is 11.7 Å². The average molecular weight is 399 g/mol. The Balaban J connectivity index is 1.49. The predicted octanol–water partition coefficient (Wildman–Crippen LogP) is 3.10. The summed E-state index contributed by atoms with van der Waals surface area (Å²) in [4.78, 5) is 16.9. The highest BCUT2D eigenvalue weighted by Crippen LogP contribution is 2.29. The van der Waals surface area contributed by atoms with Crippen molar-refractivity contribution in [3.8, 4) is 17.2 Å². The van der Waals surface area contributed by atoms with Crippen LogP contribution in [-0.2, 0) is 6.42 Å². The van der Waals surface area contributed by atoms with Crippen molar-refractivity contribution in [2.75, 3.05) is 59.4 Å². The van der Waals surface area contributed by atoms with E-state index in [4.69, 9.17) is 14.2 Å². The van der Waals surface area contributed by atoms with Gasteiger partial charge in [0.15, 0.2) is 0 Å². The quantitative estimate of drug-likeness (QED) is 0.775. The molecule has 0 aromatic heterocycles. The lowest BCUT2D eigenvalue weighted by molar-refractivity contribution is 0.148. The lowest BCUT2D eigenvalue weighted by atomic mass is 10.1. The first-order valence-corrected chi connectivity index (χ1v) is 9.76. The number of anilines is 1. The molecule has 7 heteroatoms. The van der Waals surface area contributed by atoms with Crippen molar-refractivity contribution in [3.05, 3.63) is 48.0 Å². The molecule has 1 aliphatic rings. The van der Waals surface area contributed by atoms with Gasteiger partial charge in [-0.3, -0.25) is 4.90 Å². The van der Waals surface area contributed by atoms with Gasteiger partial charge in [0.05, 0.1) is 27.0 Å². The second-order valence-corrected chi connectivity index (χ2v) is 6.89. The van der Waals surface area contributed by atoms with E-state index in [0.717, 1.165) is 31.8 Å². The monoisotopic (exact) mass is 399 g/mol. The van der Waals surface area contributed by atoms with Crippen LogP contribution in [0.3, 0.4) is 0 Å². The molecule has 0 radical (unpaired) electrons. The van der Waals surface area contributed by atoms with Crippen LogP contribution >= 0.6 is 0 Å². The van der Waals surface area contributed by atoms with Gasteiger partial charge in [-0.05, 0) is 30.2 Å². The molecular formula is C22H29N3O4. The smallest absolute Gasteiger partial charge is 0.322 e. The maximum absolute atomic E-state index is 12.7. The van der Waals surface area contributed by atoms with Crippen LogP contribution in [0.4, 0.5) is 10.5 Å². The van der Waals surface area contributed by atoms with Gasteiger partial charge in [0, 0.05) is 38.8 Å². The highest BCUT2D eigenvalue weighted by atomic mass is 16.5. The molecule has 1 saturated heterocycles. The van der Waals surface area contributed by atoms with Crippen LogP contribution in [0.15, 0.2) is 42.5 Å². The molecule has 29 heavy (non-hydrogen) atoms. The summed E-state index contributed by atoms with van der Waals surface area (Å²) < 4.78 is 16.0. The molecule has 1 fully saturated rings. The first-order chi connectivity index (χ1) is 14.1. The maximum Gasteiger partial charge on any atom is 0.322 e. The van der Waals surface area contributed by atoms with Crippen LogP contribution in [-0.4, -0.2) is 69.9 Å². The number of hydrogen-bond acceptors (Lipinski definition) is 5. The number of carbonyl (C=O) groups is 1. The number of nitrogens with zero attached hydrogens (tertiary/aromatic N) is 2. The van der Waals surface area contributed by atoms with E-state index in [9.17, 15) is 4.79 Å². The summed E-state index contributed by atoms with van der Waals surface area (Å²) in [6, 6.07) is 13.3. The summed E-state index contributed by atoms with van der Waals surface area (Å²) in [5.74, 6) is 2.19. The third-order valence-corrected chi connectivity index (χ3v) is 5.20. The molecule has 156 valence electrons. The molecule has 2 aromatic carbocycles. The Hall–Kier alpha value is -2.93. The molecule has 1 heterocycles. The van der Waals surface area contributed by atoms with Crippen molar-refractivity contribution in [3.63, 3.8) is 0 Å².